The van der Waals surface area contributed by atoms with Gasteiger partial charge in [0, 0.05) is 0 Å². The van der Waals surface area contributed by atoms with Crippen molar-refractivity contribution >= 4 is 0 Å². The molecule has 3 N–H and O–H groups in total. The van der Waals surface area contributed by atoms with Crippen LogP contribution in [0, 0.1) is 5.82 Å². The van der Waals surface area contributed by atoms with E-state index in [2.05, 4.69) is 5.43 Å². The van der Waals surface area contributed by atoms with Crippen LogP contribution in [0.15, 0.2) is 42.5 Å². The smallest absolute Gasteiger partial charge is 0.161 e. The van der Waals surface area contributed by atoms with Crippen molar-refractivity contribution in [1.29, 1.82) is 0 Å². The van der Waals surface area contributed by atoms with E-state index in [4.69, 9.17) is 15.3 Å². The first-order chi connectivity index (χ1) is 10.3. The van der Waals surface area contributed by atoms with Gasteiger partial charge in [0.05, 0.1) is 6.04 Å². The second-order valence-corrected chi connectivity index (χ2v) is 4.95. The standard InChI is InChI=1S/C16H17FN2O2/c17-13-4-1-11(2-5-13)9-14(19-18)12-3-6-15-16(10-12)21-8-7-20-15/h1-6,10,14,19H,7-9,18H2. The molecule has 5 heteroatoms. The van der Waals surface area contributed by atoms with Crippen LogP contribution in [-0.4, -0.2) is 13.2 Å². The molecule has 2 aromatic rings. The quantitative estimate of drug-likeness (QED) is 0.670. The van der Waals surface area contributed by atoms with E-state index in [-0.39, 0.29) is 11.9 Å². The van der Waals surface area contributed by atoms with Gasteiger partial charge in [-0.25, -0.2) is 4.39 Å². The molecule has 1 unspecified atom stereocenters. The zero-order chi connectivity index (χ0) is 14.7. The van der Waals surface area contributed by atoms with Crippen LogP contribution >= 0.6 is 0 Å². The summed E-state index contributed by atoms with van der Waals surface area (Å²) in [6, 6.07) is 12.1. The third-order valence-corrected chi connectivity index (χ3v) is 3.52. The highest BCUT2D eigenvalue weighted by Gasteiger charge is 2.16. The number of hydrogen-bond donors (Lipinski definition) is 2. The Labute approximate surface area is 122 Å². The maximum Gasteiger partial charge on any atom is 0.161 e. The number of rotatable bonds is 4. The molecule has 0 aliphatic carbocycles. The van der Waals surface area contributed by atoms with Gasteiger partial charge in [-0.05, 0) is 41.8 Å². The summed E-state index contributed by atoms with van der Waals surface area (Å²) in [5.41, 5.74) is 4.81. The third-order valence-electron chi connectivity index (χ3n) is 3.52. The van der Waals surface area contributed by atoms with Crippen LogP contribution < -0.4 is 20.7 Å². The predicted molar refractivity (Wildman–Crippen MR) is 77.6 cm³/mol. The van der Waals surface area contributed by atoms with Crippen molar-refractivity contribution in [3.8, 4) is 11.5 Å². The Morgan fingerprint density at radius 2 is 1.76 bits per heavy atom. The Hall–Kier alpha value is -2.11. The van der Waals surface area contributed by atoms with E-state index in [1.165, 1.54) is 12.1 Å². The number of ether oxygens (including phenoxy) is 2. The minimum atomic E-state index is -0.240. The van der Waals surface area contributed by atoms with Gasteiger partial charge in [-0.15, -0.1) is 0 Å². The summed E-state index contributed by atoms with van der Waals surface area (Å²) in [6.45, 7) is 1.12. The minimum absolute atomic E-state index is 0.0775. The van der Waals surface area contributed by atoms with Gasteiger partial charge in [-0.2, -0.15) is 0 Å². The Morgan fingerprint density at radius 3 is 2.48 bits per heavy atom. The molecule has 1 aliphatic heterocycles. The molecule has 0 spiro atoms. The number of halogens is 1. The second kappa shape index (κ2) is 6.11. The predicted octanol–water partition coefficient (Wildman–Crippen LogP) is 2.34. The molecule has 0 bridgehead atoms. The molecule has 3 rings (SSSR count). The lowest BCUT2D eigenvalue weighted by Gasteiger charge is -2.22. The zero-order valence-corrected chi connectivity index (χ0v) is 11.5. The fourth-order valence-electron chi connectivity index (χ4n) is 2.41. The van der Waals surface area contributed by atoms with E-state index < -0.39 is 0 Å². The summed E-state index contributed by atoms with van der Waals surface area (Å²) in [4.78, 5) is 0. The topological polar surface area (TPSA) is 56.5 Å². The summed E-state index contributed by atoms with van der Waals surface area (Å²) in [6.07, 6.45) is 0.663. The van der Waals surface area contributed by atoms with Crippen molar-refractivity contribution < 1.29 is 13.9 Å². The number of fused-ring (bicyclic) bond motifs is 1. The largest absolute Gasteiger partial charge is 0.486 e. The van der Waals surface area contributed by atoms with Crippen molar-refractivity contribution in [1.82, 2.24) is 5.43 Å². The average Bonchev–Trinajstić information content (AvgIpc) is 2.54. The minimum Gasteiger partial charge on any atom is -0.486 e. The highest BCUT2D eigenvalue weighted by Crippen LogP contribution is 2.33. The van der Waals surface area contributed by atoms with Gasteiger partial charge >= 0.3 is 0 Å². The molecular formula is C16H17FN2O2. The molecule has 0 aromatic heterocycles. The van der Waals surface area contributed by atoms with Crippen molar-refractivity contribution in [2.45, 2.75) is 12.5 Å². The fraction of sp³-hybridized carbons (Fsp3) is 0.250. The monoisotopic (exact) mass is 288 g/mol. The maximum absolute atomic E-state index is 12.9. The van der Waals surface area contributed by atoms with Gasteiger partial charge in [-0.3, -0.25) is 11.3 Å². The van der Waals surface area contributed by atoms with Crippen LogP contribution in [0.25, 0.3) is 0 Å². The zero-order valence-electron chi connectivity index (χ0n) is 11.5. The molecule has 1 heterocycles. The summed E-state index contributed by atoms with van der Waals surface area (Å²) in [5.74, 6) is 6.91. The number of hydrogen-bond acceptors (Lipinski definition) is 4. The third kappa shape index (κ3) is 3.15. The van der Waals surface area contributed by atoms with E-state index in [0.717, 1.165) is 22.6 Å². The van der Waals surface area contributed by atoms with Gasteiger partial charge in [-0.1, -0.05) is 18.2 Å². The summed E-state index contributed by atoms with van der Waals surface area (Å²) in [7, 11) is 0. The number of benzene rings is 2. The normalized spacial score (nSPS) is 14.8. The SMILES string of the molecule is NNC(Cc1ccc(F)cc1)c1ccc2c(c1)OCCO2. The fourth-order valence-corrected chi connectivity index (χ4v) is 2.41. The van der Waals surface area contributed by atoms with Crippen LogP contribution in [0.4, 0.5) is 4.39 Å². The van der Waals surface area contributed by atoms with Crippen LogP contribution in [0.5, 0.6) is 11.5 Å². The van der Waals surface area contributed by atoms with Gasteiger partial charge < -0.3 is 9.47 Å². The summed E-state index contributed by atoms with van der Waals surface area (Å²) >= 11 is 0. The van der Waals surface area contributed by atoms with Gasteiger partial charge in [0.2, 0.25) is 0 Å². The lowest BCUT2D eigenvalue weighted by Crippen LogP contribution is -2.29. The highest BCUT2D eigenvalue weighted by molar-refractivity contribution is 5.45. The first kappa shape index (κ1) is 13.9. The maximum atomic E-state index is 12.9. The van der Waals surface area contributed by atoms with Crippen LogP contribution in [0.2, 0.25) is 0 Å². The van der Waals surface area contributed by atoms with Gasteiger partial charge in [0.25, 0.3) is 0 Å². The summed E-state index contributed by atoms with van der Waals surface area (Å²) < 4.78 is 24.0. The molecule has 0 amide bonds. The molecule has 0 radical (unpaired) electrons. The molecule has 4 nitrogen and oxygen atoms in total. The van der Waals surface area contributed by atoms with E-state index in [9.17, 15) is 4.39 Å². The molecule has 0 saturated heterocycles. The van der Waals surface area contributed by atoms with Crippen LogP contribution in [0.1, 0.15) is 17.2 Å². The van der Waals surface area contributed by atoms with E-state index in [1.807, 2.05) is 18.2 Å². The lowest BCUT2D eigenvalue weighted by atomic mass is 9.99. The molecule has 1 aliphatic rings. The van der Waals surface area contributed by atoms with E-state index in [0.29, 0.717) is 19.6 Å². The molecule has 110 valence electrons. The Kier molecular flexibility index (Phi) is 4.03. The van der Waals surface area contributed by atoms with Gasteiger partial charge in [0.1, 0.15) is 19.0 Å². The molecule has 21 heavy (non-hydrogen) atoms. The highest BCUT2D eigenvalue weighted by atomic mass is 19.1. The average molecular weight is 288 g/mol. The van der Waals surface area contributed by atoms with Crippen LogP contribution in [0.3, 0.4) is 0 Å². The molecule has 2 aromatic carbocycles. The Morgan fingerprint density at radius 1 is 1.05 bits per heavy atom. The second-order valence-electron chi connectivity index (χ2n) is 4.95. The molecule has 0 fully saturated rings. The van der Waals surface area contributed by atoms with Gasteiger partial charge in [0.15, 0.2) is 11.5 Å². The molecular weight excluding hydrogens is 271 g/mol. The number of nitrogens with two attached hydrogens (primary N) is 1. The number of nitrogens with one attached hydrogen (secondary N) is 1. The van der Waals surface area contributed by atoms with Crippen molar-refractivity contribution in [3.05, 3.63) is 59.4 Å². The number of hydrazine groups is 1. The van der Waals surface area contributed by atoms with Crippen LogP contribution in [-0.2, 0) is 6.42 Å². The first-order valence-corrected chi connectivity index (χ1v) is 6.86. The first-order valence-electron chi connectivity index (χ1n) is 6.86. The van der Waals surface area contributed by atoms with E-state index in [1.54, 1.807) is 12.1 Å². The lowest BCUT2D eigenvalue weighted by molar-refractivity contribution is 0.171. The van der Waals surface area contributed by atoms with Crippen molar-refractivity contribution in [3.63, 3.8) is 0 Å². The van der Waals surface area contributed by atoms with Crippen molar-refractivity contribution in [2.24, 2.45) is 5.84 Å². The Bertz CT molecular complexity index is 616. The summed E-state index contributed by atoms with van der Waals surface area (Å²) in [5, 5.41) is 0. The van der Waals surface area contributed by atoms with E-state index >= 15 is 0 Å². The molecule has 1 atom stereocenters. The van der Waals surface area contributed by atoms with Crippen molar-refractivity contribution in [2.75, 3.05) is 13.2 Å². The molecule has 0 saturated carbocycles. The Balaban J connectivity index is 1.81.